The van der Waals surface area contributed by atoms with E-state index in [1.165, 1.54) is 29.5 Å². The Balaban J connectivity index is 2.12. The molecule has 1 N–H and O–H groups in total. The first-order valence-electron chi connectivity index (χ1n) is 5.64. The molecule has 0 aliphatic rings. The van der Waals surface area contributed by atoms with Crippen molar-refractivity contribution >= 4 is 39.1 Å². The Morgan fingerprint density at radius 3 is 2.75 bits per heavy atom. The van der Waals surface area contributed by atoms with Gasteiger partial charge in [0, 0.05) is 5.56 Å². The average Bonchev–Trinajstić information content (AvgIpc) is 2.84. The van der Waals surface area contributed by atoms with E-state index in [1.807, 2.05) is 0 Å². The van der Waals surface area contributed by atoms with Crippen molar-refractivity contribution in [1.82, 2.24) is 4.98 Å². The minimum Gasteiger partial charge on any atom is -0.478 e. The molecule has 3 nitrogen and oxygen atoms in total. The molecule has 3 aromatic rings. The molecule has 20 heavy (non-hydrogen) atoms. The molecule has 2 aromatic carbocycles. The fourth-order valence-electron chi connectivity index (χ4n) is 1.81. The lowest BCUT2D eigenvalue weighted by molar-refractivity contribution is 0.0697. The molecule has 0 fully saturated rings. The SMILES string of the molecule is O=C(O)c1ccc2nc(-c3ccc(Cl)c(F)c3)sc2c1. The van der Waals surface area contributed by atoms with Gasteiger partial charge in [-0.25, -0.2) is 14.2 Å². The Morgan fingerprint density at radius 2 is 2.05 bits per heavy atom. The molecule has 1 heterocycles. The van der Waals surface area contributed by atoms with E-state index in [9.17, 15) is 9.18 Å². The Labute approximate surface area is 122 Å². The van der Waals surface area contributed by atoms with E-state index in [4.69, 9.17) is 16.7 Å². The highest BCUT2D eigenvalue weighted by Crippen LogP contribution is 2.32. The van der Waals surface area contributed by atoms with Crippen molar-refractivity contribution in [3.8, 4) is 10.6 Å². The number of aromatic nitrogens is 1. The summed E-state index contributed by atoms with van der Waals surface area (Å²) in [5.41, 5.74) is 1.50. The molecular formula is C14H7ClFNO2S. The fourth-order valence-corrected chi connectivity index (χ4v) is 2.93. The summed E-state index contributed by atoms with van der Waals surface area (Å²) >= 11 is 6.96. The number of nitrogens with zero attached hydrogens (tertiary/aromatic N) is 1. The zero-order valence-electron chi connectivity index (χ0n) is 9.93. The molecule has 0 spiro atoms. The molecule has 0 atom stereocenters. The third-order valence-electron chi connectivity index (χ3n) is 2.80. The van der Waals surface area contributed by atoms with Crippen molar-refractivity contribution in [2.75, 3.05) is 0 Å². The van der Waals surface area contributed by atoms with Crippen LogP contribution >= 0.6 is 22.9 Å². The van der Waals surface area contributed by atoms with Crippen LogP contribution in [-0.2, 0) is 0 Å². The van der Waals surface area contributed by atoms with Crippen LogP contribution in [-0.4, -0.2) is 16.1 Å². The second-order valence-electron chi connectivity index (χ2n) is 4.14. The van der Waals surface area contributed by atoms with E-state index in [-0.39, 0.29) is 10.6 Å². The first-order chi connectivity index (χ1) is 9.54. The van der Waals surface area contributed by atoms with Gasteiger partial charge in [-0.3, -0.25) is 0 Å². The number of thiazole rings is 1. The van der Waals surface area contributed by atoms with Gasteiger partial charge in [0.2, 0.25) is 0 Å². The van der Waals surface area contributed by atoms with E-state index < -0.39 is 11.8 Å². The van der Waals surface area contributed by atoms with Crippen LogP contribution in [0.1, 0.15) is 10.4 Å². The van der Waals surface area contributed by atoms with Crippen molar-refractivity contribution in [2.24, 2.45) is 0 Å². The first kappa shape index (κ1) is 13.0. The van der Waals surface area contributed by atoms with Gasteiger partial charge < -0.3 is 5.11 Å². The summed E-state index contributed by atoms with van der Waals surface area (Å²) in [5.74, 6) is -1.49. The van der Waals surface area contributed by atoms with Gasteiger partial charge in [0.05, 0.1) is 20.8 Å². The van der Waals surface area contributed by atoms with Crippen LogP contribution < -0.4 is 0 Å². The Kier molecular flexibility index (Phi) is 3.16. The van der Waals surface area contributed by atoms with Gasteiger partial charge >= 0.3 is 5.97 Å². The normalized spacial score (nSPS) is 10.9. The van der Waals surface area contributed by atoms with Crippen molar-refractivity contribution in [3.05, 3.63) is 52.8 Å². The van der Waals surface area contributed by atoms with Crippen LogP contribution in [0.2, 0.25) is 5.02 Å². The van der Waals surface area contributed by atoms with Crippen LogP contribution in [0.5, 0.6) is 0 Å². The molecule has 0 radical (unpaired) electrons. The monoisotopic (exact) mass is 307 g/mol. The van der Waals surface area contributed by atoms with Crippen molar-refractivity contribution in [2.45, 2.75) is 0 Å². The van der Waals surface area contributed by atoms with Gasteiger partial charge in [0.1, 0.15) is 10.8 Å². The number of benzene rings is 2. The summed E-state index contributed by atoms with van der Waals surface area (Å²) in [6.45, 7) is 0. The number of aromatic carboxylic acids is 1. The van der Waals surface area contributed by atoms with Gasteiger partial charge in [0.15, 0.2) is 0 Å². The molecule has 0 saturated heterocycles. The summed E-state index contributed by atoms with van der Waals surface area (Å²) < 4.78 is 14.2. The number of rotatable bonds is 2. The Bertz CT molecular complexity index is 831. The highest BCUT2D eigenvalue weighted by molar-refractivity contribution is 7.21. The van der Waals surface area contributed by atoms with Crippen LogP contribution in [0, 0.1) is 5.82 Å². The summed E-state index contributed by atoms with van der Waals surface area (Å²) in [5, 5.41) is 9.64. The number of carbonyl (C=O) groups is 1. The number of hydrogen-bond acceptors (Lipinski definition) is 3. The minimum absolute atomic E-state index is 0.0584. The topological polar surface area (TPSA) is 50.2 Å². The predicted octanol–water partition coefficient (Wildman–Crippen LogP) is 4.45. The lowest BCUT2D eigenvalue weighted by Gasteiger charge is -1.97. The van der Waals surface area contributed by atoms with Crippen LogP contribution in [0.15, 0.2) is 36.4 Å². The van der Waals surface area contributed by atoms with Gasteiger partial charge in [-0.1, -0.05) is 17.7 Å². The average molecular weight is 308 g/mol. The lowest BCUT2D eigenvalue weighted by atomic mass is 10.2. The zero-order chi connectivity index (χ0) is 14.3. The maximum absolute atomic E-state index is 13.5. The fraction of sp³-hybridized carbons (Fsp3) is 0. The van der Waals surface area contributed by atoms with Crippen LogP contribution in [0.4, 0.5) is 4.39 Å². The van der Waals surface area contributed by atoms with Crippen LogP contribution in [0.25, 0.3) is 20.8 Å². The van der Waals surface area contributed by atoms with Gasteiger partial charge in [-0.15, -0.1) is 11.3 Å². The van der Waals surface area contributed by atoms with Gasteiger partial charge in [-0.2, -0.15) is 0 Å². The third-order valence-corrected chi connectivity index (χ3v) is 4.18. The molecule has 0 aliphatic carbocycles. The molecule has 0 bridgehead atoms. The molecule has 0 unspecified atom stereocenters. The predicted molar refractivity (Wildman–Crippen MR) is 77.0 cm³/mol. The molecular weight excluding hydrogens is 301 g/mol. The molecule has 0 saturated carbocycles. The number of carboxylic acid groups (broad SMARTS) is 1. The molecule has 3 rings (SSSR count). The van der Waals surface area contributed by atoms with Gasteiger partial charge in [0.25, 0.3) is 0 Å². The quantitative estimate of drug-likeness (QED) is 0.760. The van der Waals surface area contributed by atoms with E-state index in [1.54, 1.807) is 18.2 Å². The molecule has 6 heteroatoms. The summed E-state index contributed by atoms with van der Waals surface area (Å²) in [6, 6.07) is 9.17. The molecule has 0 amide bonds. The second kappa shape index (κ2) is 4.85. The smallest absolute Gasteiger partial charge is 0.335 e. The maximum Gasteiger partial charge on any atom is 0.335 e. The molecule has 0 aliphatic heterocycles. The summed E-state index contributed by atoms with van der Waals surface area (Å²) in [7, 11) is 0. The van der Waals surface area contributed by atoms with Crippen LogP contribution in [0.3, 0.4) is 0 Å². The Morgan fingerprint density at radius 1 is 1.25 bits per heavy atom. The number of fused-ring (bicyclic) bond motifs is 1. The minimum atomic E-state index is -0.987. The first-order valence-corrected chi connectivity index (χ1v) is 6.83. The number of halogens is 2. The number of hydrogen-bond donors (Lipinski definition) is 1. The van der Waals surface area contributed by atoms with Crippen molar-refractivity contribution < 1.29 is 14.3 Å². The van der Waals surface area contributed by atoms with E-state index in [0.717, 1.165) is 4.70 Å². The lowest BCUT2D eigenvalue weighted by Crippen LogP contribution is -1.94. The molecule has 100 valence electrons. The molecule has 1 aromatic heterocycles. The summed E-state index contributed by atoms with van der Waals surface area (Å²) in [4.78, 5) is 15.3. The van der Waals surface area contributed by atoms with Crippen molar-refractivity contribution in [3.63, 3.8) is 0 Å². The highest BCUT2D eigenvalue weighted by Gasteiger charge is 2.11. The number of carboxylic acids is 1. The third kappa shape index (κ3) is 2.26. The van der Waals surface area contributed by atoms with E-state index in [0.29, 0.717) is 16.1 Å². The highest BCUT2D eigenvalue weighted by atomic mass is 35.5. The van der Waals surface area contributed by atoms with E-state index >= 15 is 0 Å². The largest absolute Gasteiger partial charge is 0.478 e. The van der Waals surface area contributed by atoms with E-state index in [2.05, 4.69) is 4.98 Å². The van der Waals surface area contributed by atoms with Crippen molar-refractivity contribution in [1.29, 1.82) is 0 Å². The zero-order valence-corrected chi connectivity index (χ0v) is 11.5. The Hall–Kier alpha value is -1.98. The maximum atomic E-state index is 13.5. The second-order valence-corrected chi connectivity index (χ2v) is 5.57. The standard InChI is InChI=1S/C14H7ClFNO2S/c15-9-3-1-7(5-10(9)16)13-17-11-4-2-8(14(18)19)6-12(11)20-13/h1-6H,(H,18,19). The summed E-state index contributed by atoms with van der Waals surface area (Å²) in [6.07, 6.45) is 0. The van der Waals surface area contributed by atoms with Gasteiger partial charge in [-0.05, 0) is 30.3 Å².